The molecule has 0 radical (unpaired) electrons. The predicted molar refractivity (Wildman–Crippen MR) is 79.4 cm³/mol. The Bertz CT molecular complexity index is 717. The third-order valence-corrected chi connectivity index (χ3v) is 4.60. The van der Waals surface area contributed by atoms with Crippen LogP contribution in [0.2, 0.25) is 0 Å². The highest BCUT2D eigenvalue weighted by molar-refractivity contribution is 7.89. The minimum Gasteiger partial charge on any atom is -0.302 e. The van der Waals surface area contributed by atoms with Gasteiger partial charge in [-0.1, -0.05) is 13.0 Å². The number of nitrogens with zero attached hydrogens (tertiary/aromatic N) is 2. The Morgan fingerprint density at radius 2 is 2.10 bits per heavy atom. The minimum absolute atomic E-state index is 0.132. The molecule has 0 saturated carbocycles. The van der Waals surface area contributed by atoms with E-state index in [-0.39, 0.29) is 11.1 Å². The van der Waals surface area contributed by atoms with Gasteiger partial charge in [-0.3, -0.25) is 0 Å². The van der Waals surface area contributed by atoms with Gasteiger partial charge in [-0.2, -0.15) is 0 Å². The molecule has 2 aromatic heterocycles. The molecule has 20 heavy (non-hydrogen) atoms. The van der Waals surface area contributed by atoms with Gasteiger partial charge < -0.3 is 4.40 Å². The lowest BCUT2D eigenvalue weighted by atomic mass is 10.2. The number of imidazole rings is 1. The van der Waals surface area contributed by atoms with Crippen molar-refractivity contribution in [1.82, 2.24) is 14.1 Å². The fourth-order valence-electron chi connectivity index (χ4n) is 2.28. The molecule has 1 N–H and O–H groups in total. The molecule has 0 aromatic carbocycles. The molecule has 0 amide bonds. The average molecular weight is 295 g/mol. The van der Waals surface area contributed by atoms with Crippen molar-refractivity contribution in [2.24, 2.45) is 0 Å². The van der Waals surface area contributed by atoms with E-state index in [9.17, 15) is 8.42 Å². The summed E-state index contributed by atoms with van der Waals surface area (Å²) in [5.41, 5.74) is 1.58. The minimum atomic E-state index is -3.59. The monoisotopic (exact) mass is 295 g/mol. The zero-order valence-electron chi connectivity index (χ0n) is 12.3. The van der Waals surface area contributed by atoms with Crippen molar-refractivity contribution in [3.63, 3.8) is 0 Å². The first-order chi connectivity index (χ1) is 9.36. The molecule has 0 spiro atoms. The van der Waals surface area contributed by atoms with E-state index in [4.69, 9.17) is 0 Å². The van der Waals surface area contributed by atoms with Gasteiger partial charge in [0.2, 0.25) is 0 Å². The van der Waals surface area contributed by atoms with Gasteiger partial charge in [0, 0.05) is 18.7 Å². The number of pyridine rings is 1. The Morgan fingerprint density at radius 1 is 1.40 bits per heavy atom. The molecule has 2 rings (SSSR count). The maximum atomic E-state index is 12.4. The second kappa shape index (κ2) is 5.54. The number of nitrogens with one attached hydrogen (secondary N) is 1. The van der Waals surface area contributed by atoms with E-state index in [2.05, 4.69) is 16.6 Å². The molecular weight excluding hydrogens is 274 g/mol. The summed E-state index contributed by atoms with van der Waals surface area (Å²) in [5, 5.41) is 0.132. The number of fused-ring (bicyclic) bond motifs is 1. The molecule has 2 heterocycles. The van der Waals surface area contributed by atoms with Crippen LogP contribution in [0.15, 0.2) is 23.4 Å². The number of rotatable bonds is 5. The summed E-state index contributed by atoms with van der Waals surface area (Å²) in [4.78, 5) is 4.38. The van der Waals surface area contributed by atoms with Crippen LogP contribution in [-0.4, -0.2) is 23.8 Å². The Labute approximate surface area is 120 Å². The van der Waals surface area contributed by atoms with E-state index in [1.807, 2.05) is 29.7 Å². The second-order valence-corrected chi connectivity index (χ2v) is 6.90. The summed E-state index contributed by atoms with van der Waals surface area (Å²) in [6, 6.07) is 3.66. The lowest BCUT2D eigenvalue weighted by Crippen LogP contribution is -2.30. The van der Waals surface area contributed by atoms with E-state index >= 15 is 0 Å². The standard InChI is InChI=1S/C14H21N3O2S/c1-5-7-12-15-14(20(18,19)16-10(2)3)13-11(4)8-6-9-17(12)13/h6,8-10,16H,5,7H2,1-4H3. The first kappa shape index (κ1) is 15.0. The third kappa shape index (κ3) is 2.71. The summed E-state index contributed by atoms with van der Waals surface area (Å²) in [7, 11) is -3.59. The smallest absolute Gasteiger partial charge is 0.260 e. The summed E-state index contributed by atoms with van der Waals surface area (Å²) in [5.74, 6) is 0.787. The molecule has 6 heteroatoms. The molecule has 0 fully saturated rings. The van der Waals surface area contributed by atoms with Crippen molar-refractivity contribution in [3.05, 3.63) is 29.7 Å². The van der Waals surface area contributed by atoms with Gasteiger partial charge in [-0.05, 0) is 38.8 Å². The van der Waals surface area contributed by atoms with Crippen molar-refractivity contribution in [2.75, 3.05) is 0 Å². The number of sulfonamides is 1. The second-order valence-electron chi connectivity index (χ2n) is 5.27. The van der Waals surface area contributed by atoms with Gasteiger partial charge in [-0.15, -0.1) is 0 Å². The van der Waals surface area contributed by atoms with Gasteiger partial charge in [0.1, 0.15) is 5.82 Å². The first-order valence-electron chi connectivity index (χ1n) is 6.85. The molecular formula is C14H21N3O2S. The van der Waals surface area contributed by atoms with Crippen LogP contribution >= 0.6 is 0 Å². The highest BCUT2D eigenvalue weighted by Crippen LogP contribution is 2.22. The lowest BCUT2D eigenvalue weighted by Gasteiger charge is -2.08. The van der Waals surface area contributed by atoms with Gasteiger partial charge in [0.05, 0.1) is 5.52 Å². The molecule has 0 aliphatic heterocycles. The van der Waals surface area contributed by atoms with Crippen LogP contribution in [0.25, 0.3) is 5.52 Å². The zero-order valence-corrected chi connectivity index (χ0v) is 13.2. The zero-order chi connectivity index (χ0) is 14.9. The topological polar surface area (TPSA) is 63.5 Å². The highest BCUT2D eigenvalue weighted by Gasteiger charge is 2.24. The summed E-state index contributed by atoms with van der Waals surface area (Å²) >= 11 is 0. The van der Waals surface area contributed by atoms with E-state index in [0.29, 0.717) is 5.52 Å². The molecule has 0 unspecified atom stereocenters. The number of aromatic nitrogens is 2. The first-order valence-corrected chi connectivity index (χ1v) is 8.34. The van der Waals surface area contributed by atoms with Crippen molar-refractivity contribution in [3.8, 4) is 0 Å². The van der Waals surface area contributed by atoms with Gasteiger partial charge >= 0.3 is 0 Å². The summed E-state index contributed by atoms with van der Waals surface area (Å²) in [6.45, 7) is 7.56. The molecule has 0 aliphatic rings. The van der Waals surface area contributed by atoms with E-state index in [1.54, 1.807) is 13.8 Å². The number of hydrogen-bond donors (Lipinski definition) is 1. The Hall–Kier alpha value is -1.40. The lowest BCUT2D eigenvalue weighted by molar-refractivity contribution is 0.567. The number of aryl methyl sites for hydroxylation is 2. The average Bonchev–Trinajstić information content (AvgIpc) is 2.69. The SMILES string of the molecule is CCCc1nc(S(=O)(=O)NC(C)C)c2c(C)cccn12. The molecule has 0 aliphatic carbocycles. The highest BCUT2D eigenvalue weighted by atomic mass is 32.2. The third-order valence-electron chi connectivity index (χ3n) is 3.03. The molecule has 2 aromatic rings. The van der Waals surface area contributed by atoms with Gasteiger partial charge in [-0.25, -0.2) is 18.1 Å². The van der Waals surface area contributed by atoms with Crippen molar-refractivity contribution < 1.29 is 8.42 Å². The van der Waals surface area contributed by atoms with Crippen molar-refractivity contribution in [2.45, 2.75) is 51.6 Å². The predicted octanol–water partition coefficient (Wildman–Crippen LogP) is 2.28. The Balaban J connectivity index is 2.70. The van der Waals surface area contributed by atoms with Crippen LogP contribution in [0.1, 0.15) is 38.6 Å². The largest absolute Gasteiger partial charge is 0.302 e. The molecule has 0 bridgehead atoms. The van der Waals surface area contributed by atoms with Crippen LogP contribution < -0.4 is 4.72 Å². The van der Waals surface area contributed by atoms with Crippen LogP contribution in [0.4, 0.5) is 0 Å². The van der Waals surface area contributed by atoms with Crippen LogP contribution in [0.3, 0.4) is 0 Å². The summed E-state index contributed by atoms with van der Waals surface area (Å²) < 4.78 is 29.4. The Kier molecular flexibility index (Phi) is 4.15. The normalized spacial score (nSPS) is 12.4. The van der Waals surface area contributed by atoms with Gasteiger partial charge in [0.25, 0.3) is 10.0 Å². The molecule has 110 valence electrons. The van der Waals surface area contributed by atoms with Crippen molar-refractivity contribution >= 4 is 15.5 Å². The molecule has 5 nitrogen and oxygen atoms in total. The number of hydrogen-bond acceptors (Lipinski definition) is 3. The van der Waals surface area contributed by atoms with Crippen LogP contribution in [-0.2, 0) is 16.4 Å². The Morgan fingerprint density at radius 3 is 2.70 bits per heavy atom. The fraction of sp³-hybridized carbons (Fsp3) is 0.500. The summed E-state index contributed by atoms with van der Waals surface area (Å²) in [6.07, 6.45) is 3.54. The van der Waals surface area contributed by atoms with Crippen molar-refractivity contribution in [1.29, 1.82) is 0 Å². The van der Waals surface area contributed by atoms with Gasteiger partial charge in [0.15, 0.2) is 5.03 Å². The maximum absolute atomic E-state index is 12.4. The van der Waals surface area contributed by atoms with E-state index < -0.39 is 10.0 Å². The van der Waals surface area contributed by atoms with Crippen LogP contribution in [0, 0.1) is 6.92 Å². The van der Waals surface area contributed by atoms with E-state index in [1.165, 1.54) is 0 Å². The van der Waals surface area contributed by atoms with Crippen LogP contribution in [0.5, 0.6) is 0 Å². The quantitative estimate of drug-likeness (QED) is 0.920. The maximum Gasteiger partial charge on any atom is 0.260 e. The molecule has 0 saturated heterocycles. The van der Waals surface area contributed by atoms with E-state index in [0.717, 1.165) is 24.2 Å². The molecule has 0 atom stereocenters. The fourth-order valence-corrected chi connectivity index (χ4v) is 3.75.